The Kier molecular flexibility index (Phi) is 7.09. The summed E-state index contributed by atoms with van der Waals surface area (Å²) in [5, 5.41) is 9.21. The number of esters is 1. The molecule has 1 aliphatic carbocycles. The van der Waals surface area contributed by atoms with E-state index in [2.05, 4.69) is 0 Å². The van der Waals surface area contributed by atoms with E-state index in [-0.39, 0.29) is 42.0 Å². The summed E-state index contributed by atoms with van der Waals surface area (Å²) in [6.07, 6.45) is 2.12. The molecule has 32 heavy (non-hydrogen) atoms. The third-order valence-electron chi connectivity index (χ3n) is 6.01. The van der Waals surface area contributed by atoms with Crippen LogP contribution in [0.2, 0.25) is 0 Å². The Hall–Kier alpha value is -3.06. The van der Waals surface area contributed by atoms with E-state index in [1.165, 1.54) is 6.92 Å². The number of halogens is 1. The number of aliphatic imine (C=N–C) groups is 1. The Labute approximate surface area is 192 Å². The number of ether oxygens (including phenoxy) is 3. The van der Waals surface area contributed by atoms with Crippen LogP contribution in [0.25, 0.3) is 0 Å². The first-order valence-corrected chi connectivity index (χ1v) is 10.3. The van der Waals surface area contributed by atoms with Crippen LogP contribution in [0.1, 0.15) is 59.2 Å². The van der Waals surface area contributed by atoms with E-state index in [1.54, 1.807) is 38.5 Å². The molecule has 1 aliphatic heterocycles. The van der Waals surface area contributed by atoms with Crippen LogP contribution in [0.15, 0.2) is 41.4 Å². The molecule has 170 valence electrons. The molecule has 0 radical (unpaired) electrons. The highest BCUT2D eigenvalue weighted by molar-refractivity contribution is 6.15. The van der Waals surface area contributed by atoms with E-state index in [0.717, 1.165) is 35.2 Å². The van der Waals surface area contributed by atoms with Crippen molar-refractivity contribution in [1.82, 2.24) is 0 Å². The predicted molar refractivity (Wildman–Crippen MR) is 122 cm³/mol. The average molecular weight is 460 g/mol. The van der Waals surface area contributed by atoms with Gasteiger partial charge in [0.25, 0.3) is 0 Å². The van der Waals surface area contributed by atoms with Crippen molar-refractivity contribution in [2.24, 2.45) is 4.99 Å². The Morgan fingerprint density at radius 3 is 2.28 bits per heavy atom. The summed E-state index contributed by atoms with van der Waals surface area (Å²) in [5.74, 6) is 0.0937. The Balaban J connectivity index is 0.00000289. The maximum absolute atomic E-state index is 11.5. The topological polar surface area (TPSA) is 94.4 Å². The van der Waals surface area contributed by atoms with Gasteiger partial charge in [0.2, 0.25) is 0 Å². The van der Waals surface area contributed by atoms with Gasteiger partial charge in [0.15, 0.2) is 11.5 Å². The molecule has 1 saturated carbocycles. The Morgan fingerprint density at radius 2 is 1.69 bits per heavy atom. The van der Waals surface area contributed by atoms with Crippen LogP contribution in [-0.4, -0.2) is 49.1 Å². The van der Waals surface area contributed by atoms with Gasteiger partial charge in [-0.05, 0) is 49.1 Å². The quantitative estimate of drug-likeness (QED) is 0.672. The van der Waals surface area contributed by atoms with Gasteiger partial charge in [-0.15, -0.1) is 12.4 Å². The van der Waals surface area contributed by atoms with Gasteiger partial charge in [0.1, 0.15) is 6.10 Å². The summed E-state index contributed by atoms with van der Waals surface area (Å²) >= 11 is 0. The first kappa shape index (κ1) is 23.6. The van der Waals surface area contributed by atoms with Crippen molar-refractivity contribution < 1.29 is 28.9 Å². The molecule has 1 fully saturated rings. The number of rotatable bonds is 5. The van der Waals surface area contributed by atoms with Gasteiger partial charge < -0.3 is 19.3 Å². The molecule has 2 aromatic rings. The third kappa shape index (κ3) is 4.43. The van der Waals surface area contributed by atoms with E-state index < -0.39 is 5.97 Å². The second-order valence-electron chi connectivity index (χ2n) is 7.87. The monoisotopic (exact) mass is 459 g/mol. The molecule has 2 aromatic carbocycles. The first-order valence-electron chi connectivity index (χ1n) is 10.3. The highest BCUT2D eigenvalue weighted by Crippen LogP contribution is 2.45. The lowest BCUT2D eigenvalue weighted by Gasteiger charge is -2.38. The summed E-state index contributed by atoms with van der Waals surface area (Å²) in [5.41, 5.74) is 3.88. The van der Waals surface area contributed by atoms with Gasteiger partial charge in [0, 0.05) is 24.0 Å². The summed E-state index contributed by atoms with van der Waals surface area (Å²) in [4.78, 5) is 27.8. The van der Waals surface area contributed by atoms with Gasteiger partial charge in [-0.3, -0.25) is 9.79 Å². The van der Waals surface area contributed by atoms with Crippen molar-refractivity contribution in [2.75, 3.05) is 14.2 Å². The second-order valence-corrected chi connectivity index (χ2v) is 7.87. The smallest absolute Gasteiger partial charge is 0.335 e. The fraction of sp³-hybridized carbons (Fsp3) is 0.375. The predicted octanol–water partition coefficient (Wildman–Crippen LogP) is 4.24. The molecule has 1 heterocycles. The number of fused-ring (bicyclic) bond motifs is 3. The highest BCUT2D eigenvalue weighted by Gasteiger charge is 2.38. The minimum Gasteiger partial charge on any atom is -0.493 e. The molecule has 2 aliphatic rings. The normalized spacial score (nSPS) is 21.2. The number of carboxylic acids is 1. The molecule has 0 bridgehead atoms. The van der Waals surface area contributed by atoms with Gasteiger partial charge in [-0.2, -0.15) is 0 Å². The number of aromatic carboxylic acids is 1. The lowest BCUT2D eigenvalue weighted by molar-refractivity contribution is -0.148. The molecule has 3 atom stereocenters. The molecule has 7 nitrogen and oxygen atoms in total. The number of carboxylic acid groups (broad SMARTS) is 1. The van der Waals surface area contributed by atoms with Crippen LogP contribution < -0.4 is 9.47 Å². The maximum Gasteiger partial charge on any atom is 0.335 e. The largest absolute Gasteiger partial charge is 0.493 e. The zero-order valence-corrected chi connectivity index (χ0v) is 19.0. The average Bonchev–Trinajstić information content (AvgIpc) is 2.77. The standard InChI is InChI=1S/C24H25NO6.ClH/c1-13(26)31-16-8-9-20-18(10-16)17-11-21(29-2)22(30-3)12-19(17)23(25-20)14-4-6-15(7-5-14)24(27)28;/h4-7,11-12,16,18,20H,8-10H2,1-3H3,(H,27,28);1H. The second kappa shape index (κ2) is 9.61. The molecular formula is C24H26ClNO6. The van der Waals surface area contributed by atoms with E-state index in [9.17, 15) is 14.7 Å². The molecule has 1 N–H and O–H groups in total. The minimum absolute atomic E-state index is 0. The van der Waals surface area contributed by atoms with Crippen LogP contribution in [-0.2, 0) is 9.53 Å². The van der Waals surface area contributed by atoms with Crippen molar-refractivity contribution >= 4 is 30.1 Å². The maximum atomic E-state index is 11.5. The van der Waals surface area contributed by atoms with Crippen molar-refractivity contribution in [3.63, 3.8) is 0 Å². The number of benzene rings is 2. The van der Waals surface area contributed by atoms with Gasteiger partial charge >= 0.3 is 11.9 Å². The summed E-state index contributed by atoms with van der Waals surface area (Å²) in [6.45, 7) is 1.44. The summed E-state index contributed by atoms with van der Waals surface area (Å²) in [7, 11) is 3.19. The number of nitrogens with zero attached hydrogens (tertiary/aromatic N) is 1. The number of hydrogen-bond donors (Lipinski definition) is 1. The number of methoxy groups -OCH3 is 2. The summed E-state index contributed by atoms with van der Waals surface area (Å²) < 4.78 is 16.6. The molecule has 3 unspecified atom stereocenters. The van der Waals surface area contributed by atoms with E-state index in [0.29, 0.717) is 17.9 Å². The van der Waals surface area contributed by atoms with Gasteiger partial charge in [0.05, 0.1) is 31.5 Å². The number of hydrogen-bond acceptors (Lipinski definition) is 6. The van der Waals surface area contributed by atoms with Crippen molar-refractivity contribution in [3.05, 3.63) is 58.7 Å². The van der Waals surface area contributed by atoms with E-state index in [4.69, 9.17) is 19.2 Å². The van der Waals surface area contributed by atoms with E-state index in [1.807, 2.05) is 12.1 Å². The lowest BCUT2D eigenvalue weighted by Crippen LogP contribution is -2.36. The van der Waals surface area contributed by atoms with Gasteiger partial charge in [-0.25, -0.2) is 4.79 Å². The molecule has 4 rings (SSSR count). The molecular weight excluding hydrogens is 434 g/mol. The minimum atomic E-state index is -0.965. The molecule has 0 spiro atoms. The zero-order chi connectivity index (χ0) is 22.1. The van der Waals surface area contributed by atoms with Crippen molar-refractivity contribution in [2.45, 2.75) is 44.2 Å². The fourth-order valence-electron chi connectivity index (χ4n) is 4.59. The van der Waals surface area contributed by atoms with Crippen molar-refractivity contribution in [1.29, 1.82) is 0 Å². The lowest BCUT2D eigenvalue weighted by atomic mass is 9.74. The third-order valence-corrected chi connectivity index (χ3v) is 6.01. The van der Waals surface area contributed by atoms with Crippen LogP contribution in [0.5, 0.6) is 11.5 Å². The van der Waals surface area contributed by atoms with Crippen LogP contribution >= 0.6 is 12.4 Å². The molecule has 0 amide bonds. The molecule has 0 aromatic heterocycles. The van der Waals surface area contributed by atoms with Crippen LogP contribution in [0.3, 0.4) is 0 Å². The van der Waals surface area contributed by atoms with Crippen LogP contribution in [0.4, 0.5) is 0 Å². The van der Waals surface area contributed by atoms with E-state index >= 15 is 0 Å². The van der Waals surface area contributed by atoms with Crippen LogP contribution in [0, 0.1) is 0 Å². The first-order chi connectivity index (χ1) is 14.9. The number of carbonyl (C=O) groups excluding carboxylic acids is 1. The highest BCUT2D eigenvalue weighted by atomic mass is 35.5. The summed E-state index contributed by atoms with van der Waals surface area (Å²) in [6, 6.07) is 10.7. The fourth-order valence-corrected chi connectivity index (χ4v) is 4.59. The SMILES string of the molecule is COc1cc2c(cc1OC)C1CC(OC(C)=O)CCC1N=C2c1ccc(C(=O)O)cc1.Cl. The van der Waals surface area contributed by atoms with Crippen molar-refractivity contribution in [3.8, 4) is 11.5 Å². The Bertz CT molecular complexity index is 1050. The Morgan fingerprint density at radius 1 is 1.03 bits per heavy atom. The van der Waals surface area contributed by atoms with Gasteiger partial charge in [-0.1, -0.05) is 12.1 Å². The zero-order valence-electron chi connectivity index (χ0n) is 18.2. The number of carbonyl (C=O) groups is 2. The molecule has 8 heteroatoms. The molecule has 0 saturated heterocycles.